The molecule has 1 aliphatic heterocycles. The van der Waals surface area contributed by atoms with Crippen molar-refractivity contribution in [1.82, 2.24) is 15.3 Å². The molecule has 0 radical (unpaired) electrons. The fourth-order valence-corrected chi connectivity index (χ4v) is 1.99. The van der Waals surface area contributed by atoms with E-state index >= 15 is 0 Å². The van der Waals surface area contributed by atoms with E-state index in [2.05, 4.69) is 15.3 Å². The van der Waals surface area contributed by atoms with E-state index in [0.29, 0.717) is 0 Å². The molecule has 1 aromatic rings. The molecular formula is C11H14N4O6. The van der Waals surface area contributed by atoms with Gasteiger partial charge in [0, 0.05) is 30.3 Å². The van der Waals surface area contributed by atoms with Crippen LogP contribution in [0.1, 0.15) is 16.9 Å². The van der Waals surface area contributed by atoms with Gasteiger partial charge in [-0.25, -0.2) is 4.98 Å². The number of ether oxygens (including phenoxy) is 1. The van der Waals surface area contributed by atoms with Crippen molar-refractivity contribution in [3.63, 3.8) is 0 Å². The number of aromatic nitrogens is 2. The number of hydrogen-bond acceptors (Lipinski definition) is 8. The number of nitrogens with zero attached hydrogens (tertiary/aromatic N) is 3. The summed E-state index contributed by atoms with van der Waals surface area (Å²) in [6, 6.07) is -1.34. The standard InChI is InChI=1S/C11H14N4O6/c16-9-8(15(19)20)3-6(21-11(9)18)4-14-10(17)7-5-12-1-2-13-7/h1-2,5-6,8-9,11,16,18H,3-4H2,(H,14,17)/t6-,8?,9?,11+/m0/s1. The lowest BCUT2D eigenvalue weighted by molar-refractivity contribution is -0.550. The van der Waals surface area contributed by atoms with Crippen molar-refractivity contribution in [2.75, 3.05) is 6.54 Å². The summed E-state index contributed by atoms with van der Waals surface area (Å²) in [6.07, 6.45) is -0.101. The Morgan fingerprint density at radius 1 is 1.52 bits per heavy atom. The number of amides is 1. The van der Waals surface area contributed by atoms with Crippen molar-refractivity contribution in [3.8, 4) is 0 Å². The van der Waals surface area contributed by atoms with Gasteiger partial charge in [0.1, 0.15) is 5.69 Å². The van der Waals surface area contributed by atoms with Crippen LogP contribution >= 0.6 is 0 Å². The van der Waals surface area contributed by atoms with Gasteiger partial charge in [-0.15, -0.1) is 0 Å². The average Bonchev–Trinajstić information content (AvgIpc) is 2.48. The van der Waals surface area contributed by atoms with Gasteiger partial charge in [0.25, 0.3) is 5.91 Å². The highest BCUT2D eigenvalue weighted by Gasteiger charge is 2.43. The topological polar surface area (TPSA) is 148 Å². The minimum Gasteiger partial charge on any atom is -0.381 e. The molecule has 0 aromatic carbocycles. The molecule has 114 valence electrons. The summed E-state index contributed by atoms with van der Waals surface area (Å²) in [4.78, 5) is 29.4. The van der Waals surface area contributed by atoms with E-state index in [0.717, 1.165) is 0 Å². The largest absolute Gasteiger partial charge is 0.381 e. The maximum atomic E-state index is 11.7. The predicted molar refractivity (Wildman–Crippen MR) is 66.7 cm³/mol. The molecule has 0 bridgehead atoms. The van der Waals surface area contributed by atoms with Crippen LogP contribution in [0.2, 0.25) is 0 Å². The smallest absolute Gasteiger partial charge is 0.271 e. The van der Waals surface area contributed by atoms with Crippen LogP contribution in [0.3, 0.4) is 0 Å². The number of nitro groups is 1. The van der Waals surface area contributed by atoms with Crippen LogP contribution in [0, 0.1) is 10.1 Å². The molecule has 2 rings (SSSR count). The van der Waals surface area contributed by atoms with Gasteiger partial charge in [0.15, 0.2) is 12.4 Å². The summed E-state index contributed by atoms with van der Waals surface area (Å²) >= 11 is 0. The van der Waals surface area contributed by atoms with Crippen molar-refractivity contribution in [2.24, 2.45) is 0 Å². The molecule has 0 saturated carbocycles. The Hall–Kier alpha value is -2.17. The molecule has 0 spiro atoms. The van der Waals surface area contributed by atoms with Crippen molar-refractivity contribution < 1.29 is 24.7 Å². The van der Waals surface area contributed by atoms with Crippen LogP contribution in [0.4, 0.5) is 0 Å². The average molecular weight is 298 g/mol. The summed E-state index contributed by atoms with van der Waals surface area (Å²) in [5.74, 6) is -0.509. The molecule has 1 aliphatic rings. The normalized spacial score (nSPS) is 28.9. The van der Waals surface area contributed by atoms with E-state index in [1.165, 1.54) is 18.6 Å². The Balaban J connectivity index is 1.91. The number of aliphatic hydroxyl groups excluding tert-OH is 2. The van der Waals surface area contributed by atoms with E-state index in [1.807, 2.05) is 0 Å². The third-order valence-electron chi connectivity index (χ3n) is 3.08. The van der Waals surface area contributed by atoms with Crippen LogP contribution in [0.25, 0.3) is 0 Å². The van der Waals surface area contributed by atoms with Gasteiger partial charge in [-0.1, -0.05) is 0 Å². The maximum Gasteiger partial charge on any atom is 0.271 e. The SMILES string of the molecule is O=C(NC[C@@H]1CC([N+](=O)[O-])C(O)[C@H](O)O1)c1cnccn1. The number of hydrogen-bond donors (Lipinski definition) is 3. The lowest BCUT2D eigenvalue weighted by Crippen LogP contribution is -2.53. The first-order valence-corrected chi connectivity index (χ1v) is 6.18. The molecule has 10 nitrogen and oxygen atoms in total. The molecule has 3 N–H and O–H groups in total. The molecule has 21 heavy (non-hydrogen) atoms. The highest BCUT2D eigenvalue weighted by molar-refractivity contribution is 5.91. The van der Waals surface area contributed by atoms with Crippen LogP contribution < -0.4 is 5.32 Å². The Bertz CT molecular complexity index is 513. The van der Waals surface area contributed by atoms with Crippen LogP contribution in [0.15, 0.2) is 18.6 Å². The van der Waals surface area contributed by atoms with Gasteiger partial charge in [-0.2, -0.15) is 0 Å². The van der Waals surface area contributed by atoms with E-state index in [4.69, 9.17) is 4.74 Å². The second-order valence-corrected chi connectivity index (χ2v) is 4.53. The van der Waals surface area contributed by atoms with E-state index in [1.54, 1.807) is 0 Å². The maximum absolute atomic E-state index is 11.7. The van der Waals surface area contributed by atoms with Crippen LogP contribution in [-0.2, 0) is 4.74 Å². The molecule has 4 atom stereocenters. The first-order chi connectivity index (χ1) is 9.99. The summed E-state index contributed by atoms with van der Waals surface area (Å²) in [6.45, 7) is -0.0521. The molecular weight excluding hydrogens is 284 g/mol. The minimum absolute atomic E-state index is 0.0521. The quantitative estimate of drug-likeness (QED) is 0.441. The molecule has 1 aromatic heterocycles. The predicted octanol–water partition coefficient (Wildman–Crippen LogP) is -1.68. The van der Waals surface area contributed by atoms with Gasteiger partial charge in [-0.3, -0.25) is 19.9 Å². The molecule has 0 aliphatic carbocycles. The number of rotatable bonds is 4. The number of nitrogens with one attached hydrogen (secondary N) is 1. The highest BCUT2D eigenvalue weighted by Crippen LogP contribution is 2.20. The number of carbonyl (C=O) groups is 1. The van der Waals surface area contributed by atoms with Gasteiger partial charge in [0.2, 0.25) is 6.04 Å². The Kier molecular flexibility index (Phi) is 4.73. The molecule has 1 saturated heterocycles. The summed E-state index contributed by atoms with van der Waals surface area (Å²) in [7, 11) is 0. The van der Waals surface area contributed by atoms with Crippen LogP contribution in [0.5, 0.6) is 0 Å². The summed E-state index contributed by atoms with van der Waals surface area (Å²) in [5.41, 5.74) is 0.0970. The molecule has 2 heterocycles. The molecule has 1 amide bonds. The number of carbonyl (C=O) groups excluding carboxylic acids is 1. The van der Waals surface area contributed by atoms with Crippen molar-refractivity contribution in [2.45, 2.75) is 31.0 Å². The minimum atomic E-state index is -1.66. The third-order valence-corrected chi connectivity index (χ3v) is 3.08. The lowest BCUT2D eigenvalue weighted by Gasteiger charge is -2.32. The lowest BCUT2D eigenvalue weighted by atomic mass is 10.00. The van der Waals surface area contributed by atoms with Gasteiger partial charge in [-0.05, 0) is 0 Å². The highest BCUT2D eigenvalue weighted by atomic mass is 16.6. The fourth-order valence-electron chi connectivity index (χ4n) is 1.99. The molecule has 2 unspecified atom stereocenters. The third kappa shape index (κ3) is 3.68. The van der Waals surface area contributed by atoms with Gasteiger partial charge >= 0.3 is 0 Å². The molecule has 10 heteroatoms. The van der Waals surface area contributed by atoms with Crippen molar-refractivity contribution >= 4 is 5.91 Å². The second kappa shape index (κ2) is 6.52. The first kappa shape index (κ1) is 15.2. The van der Waals surface area contributed by atoms with Crippen LogP contribution in [-0.4, -0.2) is 62.1 Å². The van der Waals surface area contributed by atoms with Gasteiger partial charge in [0.05, 0.1) is 12.3 Å². The zero-order valence-corrected chi connectivity index (χ0v) is 10.8. The molecule has 1 fully saturated rings. The van der Waals surface area contributed by atoms with E-state index in [-0.39, 0.29) is 18.7 Å². The zero-order chi connectivity index (χ0) is 15.4. The Morgan fingerprint density at radius 3 is 2.90 bits per heavy atom. The summed E-state index contributed by atoms with van der Waals surface area (Å²) < 4.78 is 5.02. The van der Waals surface area contributed by atoms with Crippen molar-refractivity contribution in [3.05, 3.63) is 34.4 Å². The Morgan fingerprint density at radius 2 is 2.29 bits per heavy atom. The first-order valence-electron chi connectivity index (χ1n) is 6.18. The van der Waals surface area contributed by atoms with Gasteiger partial charge < -0.3 is 20.3 Å². The number of aliphatic hydroxyl groups is 2. The summed E-state index contributed by atoms with van der Waals surface area (Å²) in [5, 5.41) is 32.2. The zero-order valence-electron chi connectivity index (χ0n) is 10.8. The Labute approximate surface area is 118 Å². The van der Waals surface area contributed by atoms with E-state index in [9.17, 15) is 25.1 Å². The fraction of sp³-hybridized carbons (Fsp3) is 0.545. The van der Waals surface area contributed by atoms with Crippen molar-refractivity contribution in [1.29, 1.82) is 0 Å². The second-order valence-electron chi connectivity index (χ2n) is 4.53. The monoisotopic (exact) mass is 298 g/mol. The van der Waals surface area contributed by atoms with E-state index < -0.39 is 35.4 Å².